The van der Waals surface area contributed by atoms with Gasteiger partial charge in [-0.3, -0.25) is 4.98 Å². The molecule has 2 heterocycles. The largest absolute Gasteiger partial charge is 0.360 e. The summed E-state index contributed by atoms with van der Waals surface area (Å²) in [5.74, 6) is 0. The molecule has 0 radical (unpaired) electrons. The molecule has 2 aromatic rings. The van der Waals surface area contributed by atoms with Crippen LogP contribution in [0.1, 0.15) is 26.5 Å². The lowest BCUT2D eigenvalue weighted by molar-refractivity contribution is 0.570. The van der Waals surface area contributed by atoms with Crippen LogP contribution in [0, 0.1) is 0 Å². The fraction of sp³-hybridized carbons (Fsp3) is 0.364. The van der Waals surface area contributed by atoms with E-state index in [0.29, 0.717) is 0 Å². The molecule has 0 saturated heterocycles. The minimum absolute atomic E-state index is 0.130. The number of hydrogen-bond acceptors (Lipinski definition) is 1. The number of fused-ring (bicyclic) bond motifs is 1. The summed E-state index contributed by atoms with van der Waals surface area (Å²) in [7, 11) is 0. The lowest BCUT2D eigenvalue weighted by Crippen LogP contribution is -2.12. The lowest BCUT2D eigenvalue weighted by atomic mass is 9.91. The second kappa shape index (κ2) is 2.59. The predicted molar refractivity (Wildman–Crippen MR) is 54.8 cm³/mol. The van der Waals surface area contributed by atoms with Crippen molar-refractivity contribution in [1.29, 1.82) is 0 Å². The van der Waals surface area contributed by atoms with Gasteiger partial charge < -0.3 is 4.98 Å². The minimum Gasteiger partial charge on any atom is -0.360 e. The van der Waals surface area contributed by atoms with Gasteiger partial charge in [-0.05, 0) is 12.1 Å². The van der Waals surface area contributed by atoms with Crippen LogP contribution in [0.4, 0.5) is 0 Å². The number of pyridine rings is 1. The van der Waals surface area contributed by atoms with Gasteiger partial charge in [0.1, 0.15) is 0 Å². The molecule has 2 rings (SSSR count). The number of nitrogens with zero attached hydrogens (tertiary/aromatic N) is 1. The van der Waals surface area contributed by atoms with Crippen molar-refractivity contribution in [3.63, 3.8) is 0 Å². The smallest absolute Gasteiger partial charge is 0.0640 e. The highest BCUT2D eigenvalue weighted by atomic mass is 14.7. The third kappa shape index (κ3) is 1.44. The third-order valence-electron chi connectivity index (χ3n) is 2.21. The van der Waals surface area contributed by atoms with E-state index in [1.807, 2.05) is 12.4 Å². The Kier molecular flexibility index (Phi) is 1.65. The number of aromatic nitrogens is 2. The number of H-pyrrole nitrogens is 1. The molecule has 2 aromatic heterocycles. The Morgan fingerprint density at radius 2 is 2.08 bits per heavy atom. The van der Waals surface area contributed by atoms with Crippen molar-refractivity contribution < 1.29 is 0 Å². The maximum atomic E-state index is 4.42. The van der Waals surface area contributed by atoms with Gasteiger partial charge in [-0.15, -0.1) is 0 Å². The Labute approximate surface area is 78.0 Å². The van der Waals surface area contributed by atoms with Gasteiger partial charge in [0.2, 0.25) is 0 Å². The van der Waals surface area contributed by atoms with E-state index in [2.05, 4.69) is 42.9 Å². The molecule has 0 unspecified atom stereocenters. The summed E-state index contributed by atoms with van der Waals surface area (Å²) in [4.78, 5) is 7.55. The van der Waals surface area contributed by atoms with Gasteiger partial charge in [-0.25, -0.2) is 0 Å². The van der Waals surface area contributed by atoms with E-state index in [-0.39, 0.29) is 5.41 Å². The van der Waals surface area contributed by atoms with Crippen molar-refractivity contribution in [2.45, 2.75) is 26.2 Å². The summed E-state index contributed by atoms with van der Waals surface area (Å²) >= 11 is 0. The molecule has 0 aliphatic rings. The van der Waals surface area contributed by atoms with Crippen molar-refractivity contribution in [2.24, 2.45) is 0 Å². The molecule has 0 saturated carbocycles. The van der Waals surface area contributed by atoms with Crippen LogP contribution in [0.2, 0.25) is 0 Å². The first-order chi connectivity index (χ1) is 6.07. The van der Waals surface area contributed by atoms with Gasteiger partial charge >= 0.3 is 0 Å². The molecule has 2 heteroatoms. The number of hydrogen-bond donors (Lipinski definition) is 1. The Morgan fingerprint density at radius 3 is 2.77 bits per heavy atom. The van der Waals surface area contributed by atoms with E-state index >= 15 is 0 Å². The minimum atomic E-state index is 0.130. The quantitative estimate of drug-likeness (QED) is 0.653. The van der Waals surface area contributed by atoms with E-state index in [9.17, 15) is 0 Å². The van der Waals surface area contributed by atoms with E-state index < -0.39 is 0 Å². The van der Waals surface area contributed by atoms with Crippen molar-refractivity contribution in [3.8, 4) is 0 Å². The second-order valence-electron chi connectivity index (χ2n) is 4.38. The summed E-state index contributed by atoms with van der Waals surface area (Å²) in [5, 5.41) is 1.24. The van der Waals surface area contributed by atoms with Gasteiger partial charge in [0.25, 0.3) is 0 Å². The first-order valence-electron chi connectivity index (χ1n) is 4.51. The molecule has 0 fully saturated rings. The zero-order valence-electron chi connectivity index (χ0n) is 8.26. The molecule has 2 nitrogen and oxygen atoms in total. The first-order valence-corrected chi connectivity index (χ1v) is 4.51. The van der Waals surface area contributed by atoms with Crippen LogP contribution in [-0.2, 0) is 5.41 Å². The van der Waals surface area contributed by atoms with Gasteiger partial charge in [0.15, 0.2) is 0 Å². The summed E-state index contributed by atoms with van der Waals surface area (Å²) in [6, 6.07) is 4.22. The molecule has 0 aliphatic carbocycles. The fourth-order valence-corrected chi connectivity index (χ4v) is 1.36. The van der Waals surface area contributed by atoms with Crippen molar-refractivity contribution in [3.05, 3.63) is 30.2 Å². The molecule has 0 aromatic carbocycles. The Balaban J connectivity index is 2.61. The maximum absolute atomic E-state index is 4.42. The van der Waals surface area contributed by atoms with E-state index in [1.165, 1.54) is 5.39 Å². The Morgan fingerprint density at radius 1 is 1.31 bits per heavy atom. The van der Waals surface area contributed by atoms with Gasteiger partial charge in [-0.2, -0.15) is 0 Å². The van der Waals surface area contributed by atoms with Crippen LogP contribution in [0.25, 0.3) is 10.9 Å². The molecule has 0 amide bonds. The summed E-state index contributed by atoms with van der Waals surface area (Å²) < 4.78 is 0. The van der Waals surface area contributed by atoms with Gasteiger partial charge in [0, 0.05) is 22.7 Å². The summed E-state index contributed by atoms with van der Waals surface area (Å²) in [6.45, 7) is 6.52. The number of rotatable bonds is 0. The first kappa shape index (κ1) is 8.30. The van der Waals surface area contributed by atoms with Crippen molar-refractivity contribution in [1.82, 2.24) is 9.97 Å². The molecule has 1 N–H and O–H groups in total. The zero-order valence-corrected chi connectivity index (χ0v) is 8.26. The molecular formula is C11H14N2. The SMILES string of the molecule is CC(C)(C)c1cc2cc[nH]c2cn1. The van der Waals surface area contributed by atoms with Crippen LogP contribution in [-0.4, -0.2) is 9.97 Å². The number of aromatic amines is 1. The fourth-order valence-electron chi connectivity index (χ4n) is 1.36. The maximum Gasteiger partial charge on any atom is 0.0640 e. The van der Waals surface area contributed by atoms with Crippen LogP contribution < -0.4 is 0 Å². The highest BCUT2D eigenvalue weighted by Crippen LogP contribution is 2.22. The van der Waals surface area contributed by atoms with E-state index in [0.717, 1.165) is 11.2 Å². The van der Waals surface area contributed by atoms with Crippen LogP contribution in [0.15, 0.2) is 24.5 Å². The van der Waals surface area contributed by atoms with Gasteiger partial charge in [-0.1, -0.05) is 20.8 Å². The molecule has 13 heavy (non-hydrogen) atoms. The Hall–Kier alpha value is -1.31. The van der Waals surface area contributed by atoms with Crippen LogP contribution >= 0.6 is 0 Å². The number of nitrogens with one attached hydrogen (secondary N) is 1. The average Bonchev–Trinajstić information content (AvgIpc) is 2.47. The molecule has 68 valence electrons. The predicted octanol–water partition coefficient (Wildman–Crippen LogP) is 2.86. The highest BCUT2D eigenvalue weighted by molar-refractivity contribution is 5.78. The normalized spacial score (nSPS) is 12.2. The van der Waals surface area contributed by atoms with Crippen LogP contribution in [0.3, 0.4) is 0 Å². The van der Waals surface area contributed by atoms with E-state index in [1.54, 1.807) is 0 Å². The molecular weight excluding hydrogens is 160 g/mol. The second-order valence-corrected chi connectivity index (χ2v) is 4.38. The van der Waals surface area contributed by atoms with Crippen LogP contribution in [0.5, 0.6) is 0 Å². The average molecular weight is 174 g/mol. The molecule has 0 bridgehead atoms. The lowest BCUT2D eigenvalue weighted by Gasteiger charge is -2.17. The standard InChI is InChI=1S/C11H14N2/c1-11(2,3)10-6-8-4-5-12-9(8)7-13-10/h4-7,12H,1-3H3. The zero-order chi connectivity index (χ0) is 9.47. The third-order valence-corrected chi connectivity index (χ3v) is 2.21. The topological polar surface area (TPSA) is 28.7 Å². The summed E-state index contributed by atoms with van der Waals surface area (Å²) in [6.07, 6.45) is 3.84. The monoisotopic (exact) mass is 174 g/mol. The van der Waals surface area contributed by atoms with Gasteiger partial charge in [0.05, 0.1) is 11.7 Å². The summed E-state index contributed by atoms with van der Waals surface area (Å²) in [5.41, 5.74) is 2.37. The molecule has 0 atom stereocenters. The van der Waals surface area contributed by atoms with Crippen molar-refractivity contribution >= 4 is 10.9 Å². The molecule has 0 aliphatic heterocycles. The highest BCUT2D eigenvalue weighted by Gasteiger charge is 2.15. The molecule has 0 spiro atoms. The van der Waals surface area contributed by atoms with E-state index in [4.69, 9.17) is 0 Å². The van der Waals surface area contributed by atoms with Crippen molar-refractivity contribution in [2.75, 3.05) is 0 Å². The Bertz CT molecular complexity index is 421.